The molecule has 2 aromatic carbocycles. The van der Waals surface area contributed by atoms with Gasteiger partial charge in [0.15, 0.2) is 11.6 Å². The lowest BCUT2D eigenvalue weighted by molar-refractivity contribution is -0.138. The summed E-state index contributed by atoms with van der Waals surface area (Å²) in [5, 5.41) is 11.1. The number of carboxylic acid groups (broad SMARTS) is 1. The van der Waals surface area contributed by atoms with Crippen LogP contribution in [0.1, 0.15) is 34.7 Å². The highest BCUT2D eigenvalue weighted by molar-refractivity contribution is 5.73. The SMILES string of the molecule is Cc1cc(C(F)(F)F)cc(C)c1-c1cc(F)c(F)c(C(CC(=O)O)NC=O)c1. The molecule has 150 valence electrons. The van der Waals surface area contributed by atoms with E-state index in [4.69, 9.17) is 5.11 Å². The summed E-state index contributed by atoms with van der Waals surface area (Å²) in [6.45, 7) is 2.80. The van der Waals surface area contributed by atoms with Gasteiger partial charge in [-0.05, 0) is 60.4 Å². The maximum absolute atomic E-state index is 14.3. The van der Waals surface area contributed by atoms with Crippen molar-refractivity contribution in [2.24, 2.45) is 0 Å². The molecule has 0 aliphatic heterocycles. The van der Waals surface area contributed by atoms with Crippen LogP contribution in [0.3, 0.4) is 0 Å². The van der Waals surface area contributed by atoms with Crippen molar-refractivity contribution in [3.05, 3.63) is 58.2 Å². The zero-order chi connectivity index (χ0) is 21.2. The molecule has 0 spiro atoms. The van der Waals surface area contributed by atoms with Gasteiger partial charge in [0.2, 0.25) is 6.41 Å². The molecule has 1 amide bonds. The molecule has 2 rings (SSSR count). The van der Waals surface area contributed by atoms with E-state index in [1.807, 2.05) is 0 Å². The third-order valence-electron chi connectivity index (χ3n) is 4.23. The minimum Gasteiger partial charge on any atom is -0.481 e. The predicted molar refractivity (Wildman–Crippen MR) is 90.5 cm³/mol. The van der Waals surface area contributed by atoms with Crippen LogP contribution in [0.25, 0.3) is 11.1 Å². The number of carbonyl (C=O) groups is 2. The molecule has 0 aromatic heterocycles. The normalized spacial score (nSPS) is 12.5. The van der Waals surface area contributed by atoms with Crippen LogP contribution in [-0.2, 0) is 15.8 Å². The third-order valence-corrected chi connectivity index (χ3v) is 4.23. The van der Waals surface area contributed by atoms with Gasteiger partial charge in [-0.25, -0.2) is 8.78 Å². The van der Waals surface area contributed by atoms with Crippen molar-refractivity contribution in [2.75, 3.05) is 0 Å². The zero-order valence-corrected chi connectivity index (χ0v) is 14.8. The van der Waals surface area contributed by atoms with E-state index in [0.29, 0.717) is 0 Å². The van der Waals surface area contributed by atoms with Gasteiger partial charge < -0.3 is 10.4 Å². The standard InChI is InChI=1S/C19H16F5NO3/c1-9-3-12(19(22,23)24)4-10(2)17(9)11-5-13(18(21)14(20)6-11)15(25-8-26)7-16(27)28/h3-6,8,15H,7H2,1-2H3,(H,25,26)(H,27,28). The number of aliphatic carboxylic acids is 1. The Morgan fingerprint density at radius 3 is 2.18 bits per heavy atom. The zero-order valence-electron chi connectivity index (χ0n) is 14.8. The smallest absolute Gasteiger partial charge is 0.416 e. The first kappa shape index (κ1) is 21.3. The van der Waals surface area contributed by atoms with Crippen LogP contribution in [0.15, 0.2) is 24.3 Å². The molecule has 0 fully saturated rings. The third kappa shape index (κ3) is 4.47. The van der Waals surface area contributed by atoms with E-state index in [2.05, 4.69) is 5.32 Å². The van der Waals surface area contributed by atoms with E-state index in [0.717, 1.165) is 24.3 Å². The van der Waals surface area contributed by atoms with Gasteiger partial charge in [-0.15, -0.1) is 0 Å². The second kappa shape index (κ2) is 7.95. The molecular formula is C19H16F5NO3. The molecule has 0 bridgehead atoms. The highest BCUT2D eigenvalue weighted by Gasteiger charge is 2.31. The summed E-state index contributed by atoms with van der Waals surface area (Å²) in [7, 11) is 0. The second-order valence-corrected chi connectivity index (χ2v) is 6.28. The molecule has 4 nitrogen and oxygen atoms in total. The van der Waals surface area contributed by atoms with E-state index >= 15 is 0 Å². The van der Waals surface area contributed by atoms with Crippen molar-refractivity contribution < 1.29 is 36.6 Å². The largest absolute Gasteiger partial charge is 0.481 e. The number of carboxylic acids is 1. The monoisotopic (exact) mass is 401 g/mol. The highest BCUT2D eigenvalue weighted by atomic mass is 19.4. The number of aryl methyl sites for hydroxylation is 2. The molecule has 0 radical (unpaired) electrons. The predicted octanol–water partition coefficient (Wildman–Crippen LogP) is 4.53. The first-order valence-corrected chi connectivity index (χ1v) is 8.05. The van der Waals surface area contributed by atoms with Crippen molar-refractivity contribution in [1.82, 2.24) is 5.32 Å². The Bertz CT molecular complexity index is 902. The van der Waals surface area contributed by atoms with Crippen molar-refractivity contribution in [3.63, 3.8) is 0 Å². The molecule has 2 N–H and O–H groups in total. The summed E-state index contributed by atoms with van der Waals surface area (Å²) >= 11 is 0. The Morgan fingerprint density at radius 1 is 1.14 bits per heavy atom. The van der Waals surface area contributed by atoms with Crippen molar-refractivity contribution in [3.8, 4) is 11.1 Å². The number of halogens is 5. The average Bonchev–Trinajstić information content (AvgIpc) is 2.55. The molecule has 0 heterocycles. The molecule has 1 unspecified atom stereocenters. The summed E-state index contributed by atoms with van der Waals surface area (Å²) in [6, 6.07) is 2.38. The van der Waals surface area contributed by atoms with Gasteiger partial charge in [0, 0.05) is 5.56 Å². The Balaban J connectivity index is 2.66. The van der Waals surface area contributed by atoms with E-state index < -0.39 is 47.4 Å². The Kier molecular flexibility index (Phi) is 6.06. The summed E-state index contributed by atoms with van der Waals surface area (Å²) in [5.41, 5.74) is -0.595. The number of hydrogen-bond donors (Lipinski definition) is 2. The van der Waals surface area contributed by atoms with Crippen LogP contribution in [-0.4, -0.2) is 17.5 Å². The fourth-order valence-electron chi connectivity index (χ4n) is 3.11. The number of hydrogen-bond acceptors (Lipinski definition) is 2. The van der Waals surface area contributed by atoms with Gasteiger partial charge in [-0.3, -0.25) is 9.59 Å². The molecule has 2 aromatic rings. The maximum atomic E-state index is 14.3. The lowest BCUT2D eigenvalue weighted by Crippen LogP contribution is -2.24. The molecule has 0 saturated carbocycles. The second-order valence-electron chi connectivity index (χ2n) is 6.28. The Labute approximate surface area is 157 Å². The Hall–Kier alpha value is -2.97. The van der Waals surface area contributed by atoms with Crippen LogP contribution < -0.4 is 5.32 Å². The van der Waals surface area contributed by atoms with Gasteiger partial charge >= 0.3 is 12.1 Å². The highest BCUT2D eigenvalue weighted by Crippen LogP contribution is 2.37. The first-order valence-electron chi connectivity index (χ1n) is 8.05. The van der Waals surface area contributed by atoms with Gasteiger partial charge in [0.05, 0.1) is 18.0 Å². The van der Waals surface area contributed by atoms with E-state index in [9.17, 15) is 31.5 Å². The van der Waals surface area contributed by atoms with Crippen molar-refractivity contribution in [1.29, 1.82) is 0 Å². The molecular weight excluding hydrogens is 385 g/mol. The molecule has 28 heavy (non-hydrogen) atoms. The van der Waals surface area contributed by atoms with Gasteiger partial charge in [-0.2, -0.15) is 13.2 Å². The number of amides is 1. The van der Waals surface area contributed by atoms with E-state index in [-0.39, 0.29) is 28.7 Å². The quantitative estimate of drug-likeness (QED) is 0.552. The van der Waals surface area contributed by atoms with Crippen LogP contribution >= 0.6 is 0 Å². The molecule has 0 saturated heterocycles. The lowest BCUT2D eigenvalue weighted by Gasteiger charge is -2.19. The maximum Gasteiger partial charge on any atom is 0.416 e. The molecule has 0 aliphatic rings. The van der Waals surface area contributed by atoms with Gasteiger partial charge in [0.1, 0.15) is 0 Å². The molecule has 9 heteroatoms. The van der Waals surface area contributed by atoms with Crippen molar-refractivity contribution >= 4 is 12.4 Å². The number of nitrogens with one attached hydrogen (secondary N) is 1. The average molecular weight is 401 g/mol. The summed E-state index contributed by atoms with van der Waals surface area (Å²) in [4.78, 5) is 21.7. The summed E-state index contributed by atoms with van der Waals surface area (Å²) in [5.74, 6) is -4.01. The van der Waals surface area contributed by atoms with Crippen LogP contribution in [0, 0.1) is 25.5 Å². The number of rotatable bonds is 6. The van der Waals surface area contributed by atoms with Crippen LogP contribution in [0.2, 0.25) is 0 Å². The number of carbonyl (C=O) groups excluding carboxylic acids is 1. The fraction of sp³-hybridized carbons (Fsp3) is 0.263. The minimum atomic E-state index is -4.56. The number of benzene rings is 2. The number of alkyl halides is 3. The van der Waals surface area contributed by atoms with Gasteiger partial charge in [0.25, 0.3) is 0 Å². The van der Waals surface area contributed by atoms with Gasteiger partial charge in [-0.1, -0.05) is 0 Å². The fourth-order valence-corrected chi connectivity index (χ4v) is 3.11. The van der Waals surface area contributed by atoms with E-state index in [1.165, 1.54) is 13.8 Å². The van der Waals surface area contributed by atoms with Crippen molar-refractivity contribution in [2.45, 2.75) is 32.5 Å². The summed E-state index contributed by atoms with van der Waals surface area (Å²) in [6.07, 6.45) is -5.11. The molecule has 1 atom stereocenters. The van der Waals surface area contributed by atoms with Crippen LogP contribution in [0.4, 0.5) is 22.0 Å². The minimum absolute atomic E-state index is 0.0701. The molecule has 0 aliphatic carbocycles. The lowest BCUT2D eigenvalue weighted by atomic mass is 9.90. The topological polar surface area (TPSA) is 66.4 Å². The van der Waals surface area contributed by atoms with Crippen LogP contribution in [0.5, 0.6) is 0 Å². The Morgan fingerprint density at radius 2 is 1.71 bits per heavy atom. The first-order chi connectivity index (χ1) is 13.0. The summed E-state index contributed by atoms with van der Waals surface area (Å²) < 4.78 is 67.4. The van der Waals surface area contributed by atoms with E-state index in [1.54, 1.807) is 0 Å².